The van der Waals surface area contributed by atoms with Gasteiger partial charge in [-0.3, -0.25) is 4.79 Å². The van der Waals surface area contributed by atoms with Gasteiger partial charge in [-0.2, -0.15) is 0 Å². The Morgan fingerprint density at radius 1 is 1.19 bits per heavy atom. The van der Waals surface area contributed by atoms with Crippen LogP contribution in [0.25, 0.3) is 0 Å². The number of piperidine rings is 1. The Morgan fingerprint density at radius 3 is 2.30 bits per heavy atom. The average Bonchev–Trinajstić information content (AvgIpc) is 2.60. The van der Waals surface area contributed by atoms with Gasteiger partial charge in [-0.25, -0.2) is 12.7 Å². The minimum absolute atomic E-state index is 0.180. The van der Waals surface area contributed by atoms with Gasteiger partial charge in [-0.15, -0.1) is 13.2 Å². The maximum absolute atomic E-state index is 12.1. The summed E-state index contributed by atoms with van der Waals surface area (Å²) in [7, 11) is -2.58. The molecule has 1 aromatic rings. The molecular formula is C16H20F3NO6S. The minimum Gasteiger partial charge on any atom is -0.468 e. The van der Waals surface area contributed by atoms with Gasteiger partial charge in [0.1, 0.15) is 5.75 Å². The van der Waals surface area contributed by atoms with Crippen molar-refractivity contribution in [3.8, 4) is 5.75 Å². The van der Waals surface area contributed by atoms with Crippen molar-refractivity contribution >= 4 is 16.0 Å². The van der Waals surface area contributed by atoms with E-state index < -0.39 is 28.1 Å². The largest absolute Gasteiger partial charge is 0.573 e. The number of carbonyl (C=O) groups is 1. The summed E-state index contributed by atoms with van der Waals surface area (Å²) in [5.74, 6) is -1.82. The van der Waals surface area contributed by atoms with Crippen molar-refractivity contribution in [3.05, 3.63) is 29.8 Å². The first-order valence-corrected chi connectivity index (χ1v) is 9.71. The van der Waals surface area contributed by atoms with Crippen molar-refractivity contribution in [2.75, 3.05) is 26.0 Å². The summed E-state index contributed by atoms with van der Waals surface area (Å²) in [5, 5.41) is 0. The normalized spacial score (nSPS) is 16.9. The van der Waals surface area contributed by atoms with Crippen LogP contribution in [0.3, 0.4) is 0 Å². The molecule has 0 spiro atoms. The smallest absolute Gasteiger partial charge is 0.468 e. The molecule has 1 heterocycles. The van der Waals surface area contributed by atoms with Crippen LogP contribution in [0.15, 0.2) is 24.3 Å². The van der Waals surface area contributed by atoms with Gasteiger partial charge >= 0.3 is 12.3 Å². The lowest BCUT2D eigenvalue weighted by molar-refractivity contribution is -0.274. The molecule has 2 rings (SSSR count). The number of benzene rings is 1. The van der Waals surface area contributed by atoms with Gasteiger partial charge in [-0.1, -0.05) is 12.1 Å². The Morgan fingerprint density at radius 2 is 1.78 bits per heavy atom. The quantitative estimate of drug-likeness (QED) is 0.639. The van der Waals surface area contributed by atoms with E-state index in [2.05, 4.69) is 9.47 Å². The van der Waals surface area contributed by atoms with Gasteiger partial charge in [0, 0.05) is 13.1 Å². The Bertz CT molecular complexity index is 728. The topological polar surface area (TPSA) is 82.1 Å². The second-order valence-electron chi connectivity index (χ2n) is 5.93. The fourth-order valence-corrected chi connectivity index (χ4v) is 3.94. The molecule has 27 heavy (non-hydrogen) atoms. The summed E-state index contributed by atoms with van der Waals surface area (Å²) >= 11 is 0. The zero-order valence-corrected chi connectivity index (χ0v) is 15.4. The number of hydrogen-bond donors (Lipinski definition) is 0. The minimum atomic E-state index is -4.74. The predicted molar refractivity (Wildman–Crippen MR) is 88.3 cm³/mol. The number of carbonyl (C=O) groups excluding carboxylic acids is 1. The van der Waals surface area contributed by atoms with Crippen molar-refractivity contribution < 1.29 is 40.6 Å². The van der Waals surface area contributed by atoms with Crippen LogP contribution in [-0.4, -0.2) is 57.1 Å². The zero-order valence-electron chi connectivity index (χ0n) is 14.6. The van der Waals surface area contributed by atoms with E-state index in [1.54, 1.807) is 0 Å². The summed E-state index contributed by atoms with van der Waals surface area (Å²) in [6.07, 6.45) is -4.01. The highest BCUT2D eigenvalue weighted by Crippen LogP contribution is 2.23. The summed E-state index contributed by atoms with van der Waals surface area (Å²) in [6.45, 7) is 0.636. The summed E-state index contributed by atoms with van der Waals surface area (Å²) in [6, 6.07) is 5.34. The molecule has 0 atom stereocenters. The van der Waals surface area contributed by atoms with Crippen molar-refractivity contribution in [2.24, 2.45) is 0 Å². The Balaban J connectivity index is 1.78. The monoisotopic (exact) mass is 411 g/mol. The lowest BCUT2D eigenvalue weighted by Crippen LogP contribution is -2.43. The number of ether oxygens (including phenoxy) is 3. The maximum Gasteiger partial charge on any atom is 0.573 e. The van der Waals surface area contributed by atoms with Crippen molar-refractivity contribution in [3.63, 3.8) is 0 Å². The second kappa shape index (κ2) is 8.89. The van der Waals surface area contributed by atoms with Crippen molar-refractivity contribution in [1.82, 2.24) is 4.31 Å². The van der Waals surface area contributed by atoms with Gasteiger partial charge in [-0.05, 0) is 30.5 Å². The van der Waals surface area contributed by atoms with Crippen LogP contribution in [-0.2, 0) is 30.9 Å². The molecule has 0 saturated carbocycles. The van der Waals surface area contributed by atoms with Crippen molar-refractivity contribution in [2.45, 2.75) is 31.9 Å². The number of hydrogen-bond acceptors (Lipinski definition) is 6. The van der Waals surface area contributed by atoms with E-state index in [4.69, 9.17) is 4.74 Å². The third-order valence-corrected chi connectivity index (χ3v) is 5.72. The van der Waals surface area contributed by atoms with E-state index in [1.165, 1.54) is 28.6 Å². The molecule has 1 aliphatic rings. The predicted octanol–water partition coefficient (Wildman–Crippen LogP) is 2.07. The van der Waals surface area contributed by atoms with Crippen molar-refractivity contribution in [1.29, 1.82) is 0 Å². The highest BCUT2D eigenvalue weighted by atomic mass is 32.2. The summed E-state index contributed by atoms with van der Waals surface area (Å²) in [4.78, 5) is 11.2. The molecule has 0 radical (unpaired) electrons. The first-order valence-electron chi connectivity index (χ1n) is 8.10. The number of sulfonamides is 1. The molecule has 7 nitrogen and oxygen atoms in total. The molecule has 1 saturated heterocycles. The molecule has 11 heteroatoms. The Hall–Kier alpha value is -1.85. The fraction of sp³-hybridized carbons (Fsp3) is 0.562. The van der Waals surface area contributed by atoms with Gasteiger partial charge in [0.25, 0.3) is 0 Å². The van der Waals surface area contributed by atoms with Crippen LogP contribution in [0.4, 0.5) is 13.2 Å². The van der Waals surface area contributed by atoms with Crippen LogP contribution in [0.5, 0.6) is 5.75 Å². The SMILES string of the molecule is COC(=O)CS(=O)(=O)N1CCC(OCc2ccc(OC(F)(F)F)cc2)CC1. The third-order valence-electron chi connectivity index (χ3n) is 3.96. The number of halogens is 3. The molecule has 0 amide bonds. The highest BCUT2D eigenvalue weighted by molar-refractivity contribution is 7.89. The molecule has 152 valence electrons. The molecule has 0 unspecified atom stereocenters. The van der Waals surface area contributed by atoms with Gasteiger partial charge in [0.05, 0.1) is 19.8 Å². The van der Waals surface area contributed by atoms with E-state index in [1.807, 2.05) is 0 Å². The highest BCUT2D eigenvalue weighted by Gasteiger charge is 2.31. The molecule has 0 aliphatic carbocycles. The Kier molecular flexibility index (Phi) is 7.06. The van der Waals surface area contributed by atoms with Crippen LogP contribution in [0, 0.1) is 0 Å². The third kappa shape index (κ3) is 7.00. The molecular weight excluding hydrogens is 391 g/mol. The van der Waals surface area contributed by atoms with Crippen LogP contribution >= 0.6 is 0 Å². The van der Waals surface area contributed by atoms with E-state index >= 15 is 0 Å². The number of methoxy groups -OCH3 is 1. The van der Waals surface area contributed by atoms with Gasteiger partial charge < -0.3 is 14.2 Å². The molecule has 1 aromatic carbocycles. The van der Waals surface area contributed by atoms with E-state index in [-0.39, 0.29) is 31.5 Å². The molecule has 0 aromatic heterocycles. The molecule has 1 fully saturated rings. The zero-order chi connectivity index (χ0) is 20.1. The van der Waals surface area contributed by atoms with Gasteiger partial charge in [0.2, 0.25) is 10.0 Å². The lowest BCUT2D eigenvalue weighted by Gasteiger charge is -2.30. The maximum atomic E-state index is 12.1. The average molecular weight is 411 g/mol. The van der Waals surface area contributed by atoms with E-state index in [0.29, 0.717) is 18.4 Å². The van der Waals surface area contributed by atoms with Crippen LogP contribution in [0.2, 0.25) is 0 Å². The van der Waals surface area contributed by atoms with Crippen LogP contribution < -0.4 is 4.74 Å². The molecule has 1 aliphatic heterocycles. The standard InChI is InChI=1S/C16H20F3NO6S/c1-24-15(21)11-27(22,23)20-8-6-13(7-9-20)25-10-12-2-4-14(5-3-12)26-16(17,18)19/h2-5,13H,6-11H2,1H3. The summed E-state index contributed by atoms with van der Waals surface area (Å²) in [5.41, 5.74) is 0.672. The first kappa shape index (κ1) is 21.5. The molecule has 0 N–H and O–H groups in total. The van der Waals surface area contributed by atoms with E-state index in [9.17, 15) is 26.4 Å². The number of rotatable bonds is 7. The lowest BCUT2D eigenvalue weighted by atomic mass is 10.1. The number of esters is 1. The van der Waals surface area contributed by atoms with Gasteiger partial charge in [0.15, 0.2) is 5.75 Å². The first-order chi connectivity index (χ1) is 12.6. The fourth-order valence-electron chi connectivity index (χ4n) is 2.58. The number of nitrogens with zero attached hydrogens (tertiary/aromatic N) is 1. The molecule has 0 bridgehead atoms. The second-order valence-corrected chi connectivity index (χ2v) is 7.90. The van der Waals surface area contributed by atoms with E-state index in [0.717, 1.165) is 7.11 Å². The summed E-state index contributed by atoms with van der Waals surface area (Å²) < 4.78 is 75.6. The number of alkyl halides is 3. The Labute approximate surface area is 155 Å². The van der Waals surface area contributed by atoms with Crippen LogP contribution in [0.1, 0.15) is 18.4 Å².